The van der Waals surface area contributed by atoms with Crippen LogP contribution in [0.15, 0.2) is 60.8 Å². The van der Waals surface area contributed by atoms with Gasteiger partial charge < -0.3 is 24.9 Å². The van der Waals surface area contributed by atoms with E-state index in [1.807, 2.05) is 36.5 Å². The van der Waals surface area contributed by atoms with Crippen molar-refractivity contribution in [2.45, 2.75) is 12.5 Å². The average Bonchev–Trinajstić information content (AvgIpc) is 3.30. The zero-order chi connectivity index (χ0) is 24.4. The molecule has 1 atom stereocenters. The van der Waals surface area contributed by atoms with Crippen molar-refractivity contribution in [3.63, 3.8) is 0 Å². The maximum Gasteiger partial charge on any atom is 0.255 e. The summed E-state index contributed by atoms with van der Waals surface area (Å²) in [5.41, 5.74) is 3.24. The molecule has 5 rings (SSSR count). The van der Waals surface area contributed by atoms with E-state index in [1.54, 1.807) is 12.1 Å². The predicted octanol–water partition coefficient (Wildman–Crippen LogP) is 3.95. The number of aromatic amines is 1. The van der Waals surface area contributed by atoms with Crippen LogP contribution in [0.3, 0.4) is 0 Å². The van der Waals surface area contributed by atoms with Crippen molar-refractivity contribution in [3.05, 3.63) is 83.3 Å². The van der Waals surface area contributed by atoms with Gasteiger partial charge >= 0.3 is 0 Å². The molecule has 0 saturated carbocycles. The Morgan fingerprint density at radius 1 is 1.14 bits per heavy atom. The van der Waals surface area contributed by atoms with E-state index in [2.05, 4.69) is 10.3 Å². The largest absolute Gasteiger partial charge is 0.486 e. The van der Waals surface area contributed by atoms with Gasteiger partial charge in [-0.15, -0.1) is 0 Å². The van der Waals surface area contributed by atoms with Crippen LogP contribution >= 0.6 is 0 Å². The highest BCUT2D eigenvalue weighted by atomic mass is 19.1. The number of nitriles is 1. The summed E-state index contributed by atoms with van der Waals surface area (Å²) in [6.07, 6.45) is 2.30. The molecule has 3 N–H and O–H groups in total. The Labute approximate surface area is 200 Å². The van der Waals surface area contributed by atoms with Gasteiger partial charge in [0.15, 0.2) is 11.5 Å². The molecule has 1 amide bonds. The molecule has 0 bridgehead atoms. The number of benzene rings is 3. The Hall–Kier alpha value is -4.35. The lowest BCUT2D eigenvalue weighted by Gasteiger charge is -2.23. The second-order valence-electron chi connectivity index (χ2n) is 8.27. The quantitative estimate of drug-likeness (QED) is 0.395. The van der Waals surface area contributed by atoms with E-state index in [-0.39, 0.29) is 17.7 Å². The van der Waals surface area contributed by atoms with E-state index in [1.165, 1.54) is 18.2 Å². The summed E-state index contributed by atoms with van der Waals surface area (Å²) in [7, 11) is 0. The van der Waals surface area contributed by atoms with Crippen LogP contribution in [0.1, 0.15) is 21.5 Å². The Morgan fingerprint density at radius 3 is 2.80 bits per heavy atom. The fourth-order valence-electron chi connectivity index (χ4n) is 4.27. The summed E-state index contributed by atoms with van der Waals surface area (Å²) in [6, 6.07) is 16.6. The molecule has 1 aliphatic rings. The van der Waals surface area contributed by atoms with Gasteiger partial charge in [0.25, 0.3) is 5.91 Å². The second-order valence-corrected chi connectivity index (χ2v) is 8.27. The number of carbonyl (C=O) groups is 1. The minimum Gasteiger partial charge on any atom is -0.486 e. The lowest BCUT2D eigenvalue weighted by atomic mass is 9.98. The highest BCUT2D eigenvalue weighted by molar-refractivity contribution is 5.99. The molecule has 0 fully saturated rings. The normalized spacial score (nSPS) is 13.3. The molecule has 176 valence electrons. The number of nitrogens with one attached hydrogen (secondary N) is 2. The first-order chi connectivity index (χ1) is 17.1. The number of halogens is 1. The summed E-state index contributed by atoms with van der Waals surface area (Å²) >= 11 is 0. The van der Waals surface area contributed by atoms with Crippen molar-refractivity contribution in [1.82, 2.24) is 10.3 Å². The van der Waals surface area contributed by atoms with Crippen LogP contribution in [-0.4, -0.2) is 41.9 Å². The number of aliphatic hydroxyl groups is 1. The summed E-state index contributed by atoms with van der Waals surface area (Å²) < 4.78 is 25.3. The molecule has 8 heteroatoms. The Bertz CT molecular complexity index is 1460. The zero-order valence-electron chi connectivity index (χ0n) is 18.7. The Morgan fingerprint density at radius 2 is 1.97 bits per heavy atom. The first kappa shape index (κ1) is 22.4. The van der Waals surface area contributed by atoms with Crippen LogP contribution in [0.4, 0.5) is 4.39 Å². The number of hydrogen-bond acceptors (Lipinski definition) is 5. The van der Waals surface area contributed by atoms with Gasteiger partial charge in [-0.25, -0.2) is 4.39 Å². The Balaban J connectivity index is 1.46. The number of nitrogens with zero attached hydrogens (tertiary/aromatic N) is 1. The number of aliphatic hydroxyl groups excluding tert-OH is 1. The number of carbonyl (C=O) groups excluding carboxylic acids is 1. The summed E-state index contributed by atoms with van der Waals surface area (Å²) in [5, 5.41) is 23.1. The molecule has 35 heavy (non-hydrogen) atoms. The van der Waals surface area contributed by atoms with Crippen molar-refractivity contribution in [3.8, 4) is 28.7 Å². The van der Waals surface area contributed by atoms with Gasteiger partial charge in [0, 0.05) is 17.1 Å². The predicted molar refractivity (Wildman–Crippen MR) is 128 cm³/mol. The first-order valence-corrected chi connectivity index (χ1v) is 11.2. The number of para-hydroxylation sites is 1. The SMILES string of the molecule is N#Cc1cc(-c2cc3c(c(C(=O)N[C@@H](CO)Cc4c[nH]c5ccccc45)c2)OCCO3)ccc1F. The topological polar surface area (TPSA) is 107 Å². The lowest BCUT2D eigenvalue weighted by Crippen LogP contribution is -2.39. The molecule has 0 radical (unpaired) electrons. The van der Waals surface area contributed by atoms with Gasteiger partial charge in [-0.3, -0.25) is 4.79 Å². The standard InChI is InChI=1S/C27H22FN3O4/c28-23-6-5-16(9-18(23)13-29)17-11-22(26-25(12-17)34-7-8-35-26)27(33)31-20(15-32)10-19-14-30-24-4-2-1-3-21(19)24/h1-6,9,11-12,14,20,30,32H,7-8,10,15H2,(H,31,33)/t20-/m1/s1. The number of aromatic nitrogens is 1. The number of amides is 1. The van der Waals surface area contributed by atoms with Crippen LogP contribution in [0, 0.1) is 17.1 Å². The van der Waals surface area contributed by atoms with Crippen LogP contribution < -0.4 is 14.8 Å². The maximum absolute atomic E-state index is 13.8. The van der Waals surface area contributed by atoms with Crippen molar-refractivity contribution < 1.29 is 23.8 Å². The van der Waals surface area contributed by atoms with Gasteiger partial charge in [0.2, 0.25) is 0 Å². The molecule has 0 saturated heterocycles. The molecule has 0 spiro atoms. The highest BCUT2D eigenvalue weighted by Gasteiger charge is 2.25. The van der Waals surface area contributed by atoms with Crippen molar-refractivity contribution in [2.24, 2.45) is 0 Å². The Kier molecular flexibility index (Phi) is 6.08. The molecule has 3 aromatic carbocycles. The number of rotatable bonds is 6. The molecule has 0 unspecified atom stereocenters. The number of hydrogen-bond donors (Lipinski definition) is 3. The molecule has 1 aromatic heterocycles. The molecule has 7 nitrogen and oxygen atoms in total. The van der Waals surface area contributed by atoms with E-state index in [0.717, 1.165) is 16.5 Å². The molecule has 1 aliphatic heterocycles. The van der Waals surface area contributed by atoms with Crippen molar-refractivity contribution in [1.29, 1.82) is 5.26 Å². The third-order valence-electron chi connectivity index (χ3n) is 6.00. The molecule has 4 aromatic rings. The average molecular weight is 471 g/mol. The molecule has 2 heterocycles. The lowest BCUT2D eigenvalue weighted by molar-refractivity contribution is 0.0906. The van der Waals surface area contributed by atoms with Crippen LogP contribution in [0.5, 0.6) is 11.5 Å². The molecular weight excluding hydrogens is 449 g/mol. The fraction of sp³-hybridized carbons (Fsp3) is 0.185. The van der Waals surface area contributed by atoms with Gasteiger partial charge in [-0.05, 0) is 53.4 Å². The smallest absolute Gasteiger partial charge is 0.255 e. The van der Waals surface area contributed by atoms with E-state index in [4.69, 9.17) is 9.47 Å². The van der Waals surface area contributed by atoms with Crippen LogP contribution in [-0.2, 0) is 6.42 Å². The van der Waals surface area contributed by atoms with Crippen LogP contribution in [0.25, 0.3) is 22.0 Å². The van der Waals surface area contributed by atoms with E-state index in [9.17, 15) is 19.6 Å². The third-order valence-corrected chi connectivity index (χ3v) is 6.00. The van der Waals surface area contributed by atoms with Gasteiger partial charge in [-0.2, -0.15) is 5.26 Å². The van der Waals surface area contributed by atoms with Gasteiger partial charge in [-0.1, -0.05) is 24.3 Å². The summed E-state index contributed by atoms with van der Waals surface area (Å²) in [5.74, 6) is -0.354. The highest BCUT2D eigenvalue weighted by Crippen LogP contribution is 2.39. The summed E-state index contributed by atoms with van der Waals surface area (Å²) in [6.45, 7) is 0.360. The van der Waals surface area contributed by atoms with Gasteiger partial charge in [0.1, 0.15) is 25.1 Å². The minimum absolute atomic E-state index is 0.0949. The van der Waals surface area contributed by atoms with Crippen molar-refractivity contribution >= 4 is 16.8 Å². The molecular formula is C27H22FN3O4. The third kappa shape index (κ3) is 4.42. The minimum atomic E-state index is -0.616. The second kappa shape index (κ2) is 9.49. The van der Waals surface area contributed by atoms with E-state index >= 15 is 0 Å². The number of fused-ring (bicyclic) bond motifs is 2. The fourth-order valence-corrected chi connectivity index (χ4v) is 4.27. The van der Waals surface area contributed by atoms with E-state index in [0.29, 0.717) is 42.3 Å². The summed E-state index contributed by atoms with van der Waals surface area (Å²) in [4.78, 5) is 16.6. The monoisotopic (exact) mass is 471 g/mol. The zero-order valence-corrected chi connectivity index (χ0v) is 18.7. The maximum atomic E-state index is 13.8. The first-order valence-electron chi connectivity index (χ1n) is 11.2. The number of H-pyrrole nitrogens is 1. The molecule has 0 aliphatic carbocycles. The van der Waals surface area contributed by atoms with Crippen molar-refractivity contribution in [2.75, 3.05) is 19.8 Å². The van der Waals surface area contributed by atoms with E-state index < -0.39 is 17.8 Å². The van der Waals surface area contributed by atoms with Gasteiger partial charge in [0.05, 0.1) is 23.8 Å². The van der Waals surface area contributed by atoms with Crippen LogP contribution in [0.2, 0.25) is 0 Å². The number of ether oxygens (including phenoxy) is 2.